The summed E-state index contributed by atoms with van der Waals surface area (Å²) in [6.07, 6.45) is 6.07. The molecule has 0 aliphatic carbocycles. The molecule has 6 heterocycles. The summed E-state index contributed by atoms with van der Waals surface area (Å²) >= 11 is 1.86. The Morgan fingerprint density at radius 2 is 0.481 bits per heavy atom. The number of benzene rings is 21. The number of rotatable bonds is 10. The molecule has 0 N–H and O–H groups in total. The molecule has 0 unspecified atom stereocenters. The summed E-state index contributed by atoms with van der Waals surface area (Å²) in [6.45, 7) is 0. The Hall–Kier alpha value is -17.0. The summed E-state index contributed by atoms with van der Waals surface area (Å²) in [4.78, 5) is 15.3. The molecule has 0 aliphatic heterocycles. The highest BCUT2D eigenvalue weighted by molar-refractivity contribution is 7.26. The largest absolute Gasteiger partial charge is 0.456 e. The van der Waals surface area contributed by atoms with Crippen molar-refractivity contribution in [1.82, 2.24) is 15.0 Å². The zero-order chi connectivity index (χ0) is 86.4. The Kier molecular flexibility index (Phi) is 18.7. The van der Waals surface area contributed by atoms with Crippen LogP contribution < -0.4 is 0 Å². The minimum absolute atomic E-state index is 0.890. The van der Waals surface area contributed by atoms with Gasteiger partial charge in [-0.1, -0.05) is 394 Å². The van der Waals surface area contributed by atoms with Gasteiger partial charge in [-0.05, 0) is 196 Å². The van der Waals surface area contributed by atoms with Crippen LogP contribution in [0.15, 0.2) is 476 Å². The van der Waals surface area contributed by atoms with Crippen LogP contribution in [-0.2, 0) is 0 Å². The van der Waals surface area contributed by atoms with Crippen molar-refractivity contribution >= 4 is 162 Å². The van der Waals surface area contributed by atoms with E-state index in [4.69, 9.17) is 23.8 Å². The third-order valence-electron chi connectivity index (χ3n) is 26.4. The highest BCUT2D eigenvalue weighted by Crippen LogP contribution is 2.50. The Bertz CT molecular complexity index is 9010. The highest BCUT2D eigenvalue weighted by Gasteiger charge is 2.24. The van der Waals surface area contributed by atoms with Crippen LogP contribution in [0, 0.1) is 0 Å². The van der Waals surface area contributed by atoms with Gasteiger partial charge in [0.05, 0.1) is 17.1 Å². The van der Waals surface area contributed by atoms with Crippen LogP contribution >= 0.6 is 11.3 Å². The smallest absolute Gasteiger partial charge is 0.136 e. The van der Waals surface area contributed by atoms with E-state index in [-0.39, 0.29) is 0 Å². The molecule has 0 saturated heterocycles. The van der Waals surface area contributed by atoms with Crippen LogP contribution in [0.1, 0.15) is 0 Å². The van der Waals surface area contributed by atoms with Gasteiger partial charge in [0, 0.05) is 99.3 Å². The van der Waals surface area contributed by atoms with Gasteiger partial charge in [0.25, 0.3) is 0 Å². The van der Waals surface area contributed by atoms with E-state index in [1.54, 1.807) is 0 Å². The maximum Gasteiger partial charge on any atom is 0.136 e. The van der Waals surface area contributed by atoms with E-state index in [0.29, 0.717) is 0 Å². The minimum Gasteiger partial charge on any atom is -0.456 e. The molecule has 6 heteroatoms. The van der Waals surface area contributed by atoms with Gasteiger partial charge in [-0.3, -0.25) is 15.0 Å². The molecule has 131 heavy (non-hydrogen) atoms. The molecule has 27 rings (SSSR count). The first-order valence-corrected chi connectivity index (χ1v) is 45.4. The Labute approximate surface area is 759 Å². The number of nitrogens with zero attached hydrogens (tertiary/aromatic N) is 3. The number of aromatic nitrogens is 3. The Morgan fingerprint density at radius 3 is 0.924 bits per heavy atom. The monoisotopic (exact) mass is 1680 g/mol. The van der Waals surface area contributed by atoms with Crippen molar-refractivity contribution in [1.29, 1.82) is 0 Å². The van der Waals surface area contributed by atoms with Crippen molar-refractivity contribution in [3.05, 3.63) is 468 Å². The quantitative estimate of drug-likeness (QED) is 0.128. The van der Waals surface area contributed by atoms with E-state index >= 15 is 0 Å². The van der Waals surface area contributed by atoms with Gasteiger partial charge < -0.3 is 8.83 Å². The molecule has 0 atom stereocenters. The second-order valence-corrected chi connectivity index (χ2v) is 34.7. The fourth-order valence-corrected chi connectivity index (χ4v) is 21.7. The minimum atomic E-state index is 0.890. The van der Waals surface area contributed by atoms with Gasteiger partial charge >= 0.3 is 0 Å². The summed E-state index contributed by atoms with van der Waals surface area (Å²) in [6, 6.07) is 160. The second kappa shape index (κ2) is 32.1. The van der Waals surface area contributed by atoms with Gasteiger partial charge in [-0.25, -0.2) is 0 Å². The van der Waals surface area contributed by atoms with Crippen molar-refractivity contribution in [2.75, 3.05) is 0 Å². The lowest BCUT2D eigenvalue weighted by atomic mass is 9.87. The first-order chi connectivity index (χ1) is 65.0. The Balaban J connectivity index is 0.000000107. The molecule has 27 aromatic rings. The molecule has 0 bridgehead atoms. The van der Waals surface area contributed by atoms with E-state index in [9.17, 15) is 0 Å². The Morgan fingerprint density at radius 1 is 0.168 bits per heavy atom. The lowest BCUT2D eigenvalue weighted by Gasteiger charge is -2.17. The second-order valence-electron chi connectivity index (χ2n) is 33.7. The summed E-state index contributed by atoms with van der Waals surface area (Å²) < 4.78 is 15.2. The fraction of sp³-hybridized carbons (Fsp3) is 0. The maximum absolute atomic E-state index is 6.34. The average Bonchev–Trinajstić information content (AvgIpc) is 1.28. The topological polar surface area (TPSA) is 65.0 Å². The SMILES string of the molecule is c1ccc(-c2c3ccccc3c(-c3ccc(-c4ccc(-c5ccc6oc7ccc8ccccc8c7c6c5)cc4)cn3)c3ccccc23)cc1.c1ccc(-c2c3ccccc3c(-c3ccc(-c4cccc5c4sc4ccccc45)cn3)c3ccccc23)cc1.c1ccc(-c2c3ccccc3c(-c3ccc(-c4cccc5oc6ccc7ccccc7c6c45)cn3)c3ccccc23)cc1. The number of thiophene rings is 1. The van der Waals surface area contributed by atoms with Gasteiger partial charge in [-0.2, -0.15) is 0 Å². The normalized spacial score (nSPS) is 11.7. The molecule has 21 aromatic carbocycles. The number of furan rings is 2. The molecule has 0 aliphatic rings. The molecule has 0 radical (unpaired) electrons. The first kappa shape index (κ1) is 76.4. The molecule has 0 fully saturated rings. The summed E-state index contributed by atoms with van der Waals surface area (Å²) in [5.74, 6) is 0. The lowest BCUT2D eigenvalue weighted by Crippen LogP contribution is -1.92. The summed E-state index contributed by atoms with van der Waals surface area (Å²) in [5, 5.41) is 26.8. The van der Waals surface area contributed by atoms with E-state index in [0.717, 1.165) is 89.0 Å². The van der Waals surface area contributed by atoms with Gasteiger partial charge in [0.1, 0.15) is 22.3 Å². The van der Waals surface area contributed by atoms with E-state index in [1.807, 2.05) is 29.9 Å². The average molecular weight is 1690 g/mol. The molecule has 0 saturated carbocycles. The fourth-order valence-electron chi connectivity index (χ4n) is 20.5. The van der Waals surface area contributed by atoms with Crippen molar-refractivity contribution < 1.29 is 8.83 Å². The lowest BCUT2D eigenvalue weighted by molar-refractivity contribution is 0.669. The van der Waals surface area contributed by atoms with Crippen molar-refractivity contribution in [2.24, 2.45) is 0 Å². The van der Waals surface area contributed by atoms with E-state index in [2.05, 4.69) is 449 Å². The number of pyridine rings is 3. The zero-order valence-electron chi connectivity index (χ0n) is 71.0. The van der Waals surface area contributed by atoms with Crippen LogP contribution in [0.3, 0.4) is 0 Å². The molecule has 0 amide bonds. The van der Waals surface area contributed by atoms with Crippen LogP contribution in [0.25, 0.3) is 262 Å². The maximum atomic E-state index is 6.34. The molecule has 6 aromatic heterocycles. The molecule has 5 nitrogen and oxygen atoms in total. The van der Waals surface area contributed by atoms with Crippen molar-refractivity contribution in [2.45, 2.75) is 0 Å². The van der Waals surface area contributed by atoms with Gasteiger partial charge in [0.2, 0.25) is 0 Å². The van der Waals surface area contributed by atoms with Crippen LogP contribution in [0.2, 0.25) is 0 Å². The third-order valence-corrected chi connectivity index (χ3v) is 27.6. The summed E-state index contributed by atoms with van der Waals surface area (Å²) in [7, 11) is 0. The predicted molar refractivity (Wildman–Crippen MR) is 555 cm³/mol. The predicted octanol–water partition coefficient (Wildman–Crippen LogP) is 35.3. The molecule has 610 valence electrons. The number of fused-ring (bicyclic) bond motifs is 19. The number of hydrogen-bond acceptors (Lipinski definition) is 6. The van der Waals surface area contributed by atoms with E-state index in [1.165, 1.54) is 173 Å². The van der Waals surface area contributed by atoms with Crippen molar-refractivity contribution in [3.63, 3.8) is 0 Å². The third kappa shape index (κ3) is 13.2. The number of hydrogen-bond donors (Lipinski definition) is 0. The molecular weight excluding hydrogens is 1610 g/mol. The van der Waals surface area contributed by atoms with Crippen LogP contribution in [0.5, 0.6) is 0 Å². The van der Waals surface area contributed by atoms with Crippen LogP contribution in [-0.4, -0.2) is 15.0 Å². The highest BCUT2D eigenvalue weighted by atomic mass is 32.1. The van der Waals surface area contributed by atoms with Gasteiger partial charge in [-0.15, -0.1) is 11.3 Å². The molecular formula is C125H77N3O2S. The molecule has 0 spiro atoms. The standard InChI is InChI=1S/C47H29NO.C41H25NO.C37H23NS/c1-2-11-33(12-3-1)45-37-14-6-8-16-39(37)46(40-17-9-7-15-38(40)45)42-25-22-35(29-48-42)31-20-18-30(19-21-31)34-24-26-43-41(28-34)47-36-13-5-4-10-32(36)23-27-44(47)49-43;1-2-12-27(13-3-1)38-31-15-6-8-17-33(31)39(34-18-9-7-16-32(34)38)35-23-21-28(25-42-35)30-19-10-20-36-41(30)40-29-14-5-4-11-26(29)22-24-37(40)43-36;1-2-11-24(12-3-1)35-28-14-4-6-16-30(28)36(31-17-7-5-15-29(31)35)33-22-21-25(23-38-33)26-18-10-19-32-27-13-8-9-20-34(27)39-37(26)32/h1-29H;1-25H;1-23H. The van der Waals surface area contributed by atoms with Gasteiger partial charge in [0.15, 0.2) is 0 Å². The summed E-state index contributed by atoms with van der Waals surface area (Å²) in [5.41, 5.74) is 26.7. The van der Waals surface area contributed by atoms with Crippen LogP contribution in [0.4, 0.5) is 0 Å². The van der Waals surface area contributed by atoms with Crippen molar-refractivity contribution in [3.8, 4) is 112 Å². The first-order valence-electron chi connectivity index (χ1n) is 44.6. The zero-order valence-corrected chi connectivity index (χ0v) is 71.8. The van der Waals surface area contributed by atoms with E-state index < -0.39 is 0 Å².